The van der Waals surface area contributed by atoms with Crippen molar-refractivity contribution in [1.82, 2.24) is 25.1 Å². The number of carbonyl (C=O) groups is 1. The Kier molecular flexibility index (Phi) is 6.35. The smallest absolute Gasteiger partial charge is 0.316 e. The highest BCUT2D eigenvalue weighted by Crippen LogP contribution is 2.32. The van der Waals surface area contributed by atoms with Gasteiger partial charge in [-0.25, -0.2) is 9.37 Å². The zero-order valence-corrected chi connectivity index (χ0v) is 22.5. The summed E-state index contributed by atoms with van der Waals surface area (Å²) >= 11 is 0. The van der Waals surface area contributed by atoms with Crippen LogP contribution in [0.15, 0.2) is 36.7 Å². The van der Waals surface area contributed by atoms with Gasteiger partial charge < -0.3 is 25.0 Å². The number of piperazine rings is 1. The van der Waals surface area contributed by atoms with Crippen LogP contribution in [0.1, 0.15) is 31.1 Å². The number of amides is 1. The van der Waals surface area contributed by atoms with Crippen molar-refractivity contribution in [2.75, 3.05) is 43.1 Å². The number of hydrogen-bond donors (Lipinski definition) is 2. The van der Waals surface area contributed by atoms with Crippen LogP contribution in [0.5, 0.6) is 6.01 Å². The average Bonchev–Trinajstić information content (AvgIpc) is 3.25. The minimum absolute atomic E-state index is 0.0809. The van der Waals surface area contributed by atoms with Gasteiger partial charge in [0, 0.05) is 72.2 Å². The third kappa shape index (κ3) is 4.99. The Bertz CT molecular complexity index is 1560. The number of nitrogens with one attached hydrogen (secondary N) is 2. The van der Waals surface area contributed by atoms with Crippen molar-refractivity contribution < 1.29 is 18.7 Å². The van der Waals surface area contributed by atoms with E-state index in [0.29, 0.717) is 54.1 Å². The Morgan fingerprint density at radius 1 is 1.23 bits per heavy atom. The van der Waals surface area contributed by atoms with Crippen LogP contribution in [-0.2, 0) is 11.8 Å². The number of halogens is 1. The SMILES string of the molecule is CC1CN(c2ccc(C(=O)Nc3cc(F)c4nn(C)cc4c3)c3nc(OCC4(C)COC4)ncc23)CC(C)N1. The standard InChI is InChI=1S/C28H32FN7O3/c1-16-10-36(11-17(2)31-16)23-6-5-20(25-21(23)9-30-27(33-25)39-15-28(3)13-38-14-28)26(37)32-19-7-18-12-35(4)34-24(18)22(29)8-19/h5-9,12,16-17,31H,10-11,13-15H2,1-4H3,(H,32,37). The first-order valence-corrected chi connectivity index (χ1v) is 13.1. The molecule has 2 aromatic carbocycles. The second-order valence-electron chi connectivity index (χ2n) is 11.2. The van der Waals surface area contributed by atoms with Crippen molar-refractivity contribution in [3.63, 3.8) is 0 Å². The molecule has 6 rings (SSSR count). The summed E-state index contributed by atoms with van der Waals surface area (Å²) in [4.78, 5) is 25.0. The number of aromatic nitrogens is 4. The van der Waals surface area contributed by atoms with Crippen LogP contribution >= 0.6 is 0 Å². The van der Waals surface area contributed by atoms with E-state index in [0.717, 1.165) is 24.2 Å². The number of benzene rings is 2. The molecule has 4 heterocycles. The van der Waals surface area contributed by atoms with Crippen LogP contribution < -0.4 is 20.3 Å². The Balaban J connectivity index is 1.37. The molecule has 2 aromatic heterocycles. The van der Waals surface area contributed by atoms with Crippen molar-refractivity contribution in [2.45, 2.75) is 32.9 Å². The first-order chi connectivity index (χ1) is 18.7. The molecular formula is C28H32FN7O3. The first-order valence-electron chi connectivity index (χ1n) is 13.1. The third-order valence-corrected chi connectivity index (χ3v) is 7.23. The van der Waals surface area contributed by atoms with E-state index < -0.39 is 11.7 Å². The van der Waals surface area contributed by atoms with Gasteiger partial charge in [0.15, 0.2) is 5.82 Å². The molecule has 0 aliphatic carbocycles. The Morgan fingerprint density at radius 3 is 2.72 bits per heavy atom. The van der Waals surface area contributed by atoms with Gasteiger partial charge in [-0.05, 0) is 38.1 Å². The molecule has 2 N–H and O–H groups in total. The quantitative estimate of drug-likeness (QED) is 0.388. The number of anilines is 2. The zero-order valence-electron chi connectivity index (χ0n) is 22.5. The number of fused-ring (bicyclic) bond motifs is 2. The van der Waals surface area contributed by atoms with E-state index in [1.807, 2.05) is 6.07 Å². The summed E-state index contributed by atoms with van der Waals surface area (Å²) in [5.74, 6) is -0.905. The molecule has 2 atom stereocenters. The highest BCUT2D eigenvalue weighted by Gasteiger charge is 2.34. The van der Waals surface area contributed by atoms with E-state index in [1.165, 1.54) is 10.7 Å². The molecule has 0 saturated carbocycles. The Morgan fingerprint density at radius 2 is 2.00 bits per heavy atom. The van der Waals surface area contributed by atoms with Crippen LogP contribution in [0.3, 0.4) is 0 Å². The summed E-state index contributed by atoms with van der Waals surface area (Å²) in [5, 5.41) is 11.9. The number of rotatable bonds is 6. The van der Waals surface area contributed by atoms with Gasteiger partial charge in [0.05, 0.1) is 24.3 Å². The number of nitrogens with zero attached hydrogens (tertiary/aromatic N) is 5. The number of carbonyl (C=O) groups excluding carboxylic acids is 1. The second kappa shape index (κ2) is 9.73. The molecule has 39 heavy (non-hydrogen) atoms. The number of ether oxygens (including phenoxy) is 2. The van der Waals surface area contributed by atoms with Gasteiger partial charge in [-0.3, -0.25) is 9.48 Å². The van der Waals surface area contributed by atoms with E-state index in [-0.39, 0.29) is 16.9 Å². The minimum Gasteiger partial charge on any atom is -0.463 e. The van der Waals surface area contributed by atoms with Crippen molar-refractivity contribution in [1.29, 1.82) is 0 Å². The molecule has 2 fully saturated rings. The lowest BCUT2D eigenvalue weighted by molar-refractivity contribution is -0.121. The molecule has 2 aliphatic rings. The maximum atomic E-state index is 14.7. The second-order valence-corrected chi connectivity index (χ2v) is 11.2. The summed E-state index contributed by atoms with van der Waals surface area (Å²) < 4.78 is 27.5. The maximum Gasteiger partial charge on any atom is 0.316 e. The molecule has 1 amide bonds. The van der Waals surface area contributed by atoms with Gasteiger partial charge in [0.1, 0.15) is 12.1 Å². The zero-order chi connectivity index (χ0) is 27.3. The third-order valence-electron chi connectivity index (χ3n) is 7.23. The van der Waals surface area contributed by atoms with Crippen molar-refractivity contribution in [2.24, 2.45) is 12.5 Å². The molecule has 0 radical (unpaired) electrons. The van der Waals surface area contributed by atoms with Crippen LogP contribution in [0.2, 0.25) is 0 Å². The molecule has 2 unspecified atom stereocenters. The van der Waals surface area contributed by atoms with Crippen LogP contribution in [0, 0.1) is 11.2 Å². The molecule has 2 aliphatic heterocycles. The summed E-state index contributed by atoms with van der Waals surface area (Å²) in [6, 6.07) is 7.49. The van der Waals surface area contributed by atoms with E-state index in [1.54, 1.807) is 31.6 Å². The molecule has 11 heteroatoms. The lowest BCUT2D eigenvalue weighted by atomic mass is 9.90. The molecule has 4 aromatic rings. The topological polar surface area (TPSA) is 106 Å². The molecular weight excluding hydrogens is 501 g/mol. The lowest BCUT2D eigenvalue weighted by Crippen LogP contribution is -2.54. The van der Waals surface area contributed by atoms with Crippen molar-refractivity contribution in [3.8, 4) is 6.01 Å². The number of hydrogen-bond acceptors (Lipinski definition) is 8. The van der Waals surface area contributed by atoms with Crippen LogP contribution in [0.4, 0.5) is 15.8 Å². The minimum atomic E-state index is -0.503. The van der Waals surface area contributed by atoms with E-state index in [4.69, 9.17) is 14.5 Å². The average molecular weight is 534 g/mol. The van der Waals surface area contributed by atoms with Gasteiger partial charge in [0.25, 0.3) is 5.91 Å². The molecule has 0 spiro atoms. The van der Waals surface area contributed by atoms with Crippen LogP contribution in [0.25, 0.3) is 21.8 Å². The maximum absolute atomic E-state index is 14.7. The summed E-state index contributed by atoms with van der Waals surface area (Å²) in [6.07, 6.45) is 3.43. The van der Waals surface area contributed by atoms with E-state index >= 15 is 0 Å². The largest absolute Gasteiger partial charge is 0.463 e. The molecule has 0 bridgehead atoms. The monoisotopic (exact) mass is 533 g/mol. The van der Waals surface area contributed by atoms with E-state index in [2.05, 4.69) is 46.4 Å². The van der Waals surface area contributed by atoms with Crippen molar-refractivity contribution >= 4 is 39.1 Å². The van der Waals surface area contributed by atoms with Crippen molar-refractivity contribution in [3.05, 3.63) is 48.0 Å². The summed E-state index contributed by atoms with van der Waals surface area (Å²) in [6.45, 7) is 9.66. The van der Waals surface area contributed by atoms with Gasteiger partial charge in [-0.15, -0.1) is 0 Å². The highest BCUT2D eigenvalue weighted by atomic mass is 19.1. The highest BCUT2D eigenvalue weighted by molar-refractivity contribution is 6.14. The molecule has 2 saturated heterocycles. The predicted molar refractivity (Wildman–Crippen MR) is 147 cm³/mol. The van der Waals surface area contributed by atoms with Gasteiger partial charge >= 0.3 is 6.01 Å². The van der Waals surface area contributed by atoms with Gasteiger partial charge in [0.2, 0.25) is 0 Å². The summed E-state index contributed by atoms with van der Waals surface area (Å²) in [7, 11) is 1.73. The Labute approximate surface area is 225 Å². The predicted octanol–water partition coefficient (Wildman–Crippen LogP) is 3.51. The fraction of sp³-hybridized carbons (Fsp3) is 0.429. The normalized spacial score (nSPS) is 20.7. The fourth-order valence-corrected chi connectivity index (χ4v) is 5.40. The van der Waals surface area contributed by atoms with Gasteiger partial charge in [-0.1, -0.05) is 6.92 Å². The summed E-state index contributed by atoms with van der Waals surface area (Å²) in [5.41, 5.74) is 2.29. The van der Waals surface area contributed by atoms with Crippen LogP contribution in [-0.4, -0.2) is 70.6 Å². The Hall–Kier alpha value is -3.83. The van der Waals surface area contributed by atoms with E-state index in [9.17, 15) is 9.18 Å². The first kappa shape index (κ1) is 25.4. The molecule has 10 nitrogen and oxygen atoms in total. The molecule has 204 valence electrons. The number of aryl methyl sites for hydroxylation is 1. The van der Waals surface area contributed by atoms with Gasteiger partial charge in [-0.2, -0.15) is 10.1 Å². The lowest BCUT2D eigenvalue weighted by Gasteiger charge is -2.38. The fourth-order valence-electron chi connectivity index (χ4n) is 5.40.